The number of nitrogens with two attached hydrogens (primary N) is 1. The second kappa shape index (κ2) is 8.22. The van der Waals surface area contributed by atoms with Crippen LogP contribution in [0.25, 0.3) is 0 Å². The van der Waals surface area contributed by atoms with Gasteiger partial charge >= 0.3 is 0 Å². The number of halogens is 1. The summed E-state index contributed by atoms with van der Waals surface area (Å²) in [7, 11) is 1.67. The monoisotopic (exact) mass is 273 g/mol. The van der Waals surface area contributed by atoms with E-state index in [1.807, 2.05) is 19.1 Å². The van der Waals surface area contributed by atoms with E-state index in [0.717, 1.165) is 24.3 Å². The Labute approximate surface area is 116 Å². The van der Waals surface area contributed by atoms with Crippen LogP contribution in [0, 0.1) is 6.92 Å². The zero-order valence-electron chi connectivity index (χ0n) is 11.7. The Morgan fingerprint density at radius 2 is 1.94 bits per heavy atom. The van der Waals surface area contributed by atoms with E-state index >= 15 is 0 Å². The second-order valence-corrected chi connectivity index (χ2v) is 4.46. The number of benzene rings is 1. The van der Waals surface area contributed by atoms with Crippen molar-refractivity contribution in [3.05, 3.63) is 23.3 Å². The lowest BCUT2D eigenvalue weighted by molar-refractivity contribution is 0.294. The van der Waals surface area contributed by atoms with Crippen LogP contribution in [0.3, 0.4) is 0 Å². The van der Waals surface area contributed by atoms with Gasteiger partial charge in [-0.1, -0.05) is 6.92 Å². The largest absolute Gasteiger partial charge is 0.493 e. The van der Waals surface area contributed by atoms with Crippen LogP contribution in [0.1, 0.15) is 31.4 Å². The first kappa shape index (κ1) is 17.1. The average molecular weight is 274 g/mol. The van der Waals surface area contributed by atoms with Gasteiger partial charge in [0.2, 0.25) is 0 Å². The van der Waals surface area contributed by atoms with Crippen LogP contribution in [-0.4, -0.2) is 19.8 Å². The van der Waals surface area contributed by atoms with Gasteiger partial charge in [-0.25, -0.2) is 0 Å². The first-order valence-corrected chi connectivity index (χ1v) is 6.14. The van der Waals surface area contributed by atoms with E-state index in [2.05, 4.69) is 13.8 Å². The topological polar surface area (TPSA) is 44.5 Å². The fourth-order valence-corrected chi connectivity index (χ4v) is 1.75. The molecule has 1 aromatic rings. The summed E-state index contributed by atoms with van der Waals surface area (Å²) in [5.41, 5.74) is 8.27. The van der Waals surface area contributed by atoms with Crippen LogP contribution >= 0.6 is 12.4 Å². The van der Waals surface area contributed by atoms with Crippen LogP contribution < -0.4 is 15.2 Å². The Morgan fingerprint density at radius 1 is 1.28 bits per heavy atom. The van der Waals surface area contributed by atoms with Gasteiger partial charge in [0.15, 0.2) is 11.5 Å². The molecule has 104 valence electrons. The van der Waals surface area contributed by atoms with Gasteiger partial charge in [-0.3, -0.25) is 0 Å². The number of ether oxygens (including phenoxy) is 2. The van der Waals surface area contributed by atoms with Crippen molar-refractivity contribution in [2.45, 2.75) is 39.7 Å². The van der Waals surface area contributed by atoms with Gasteiger partial charge in [-0.2, -0.15) is 0 Å². The molecule has 0 radical (unpaired) electrons. The molecular formula is C14H24ClNO2. The molecule has 0 heterocycles. The third-order valence-electron chi connectivity index (χ3n) is 2.63. The molecule has 0 saturated heterocycles. The number of rotatable bonds is 6. The fraction of sp³-hybridized carbons (Fsp3) is 0.571. The molecule has 2 N–H and O–H groups in total. The summed E-state index contributed by atoms with van der Waals surface area (Å²) in [6.45, 7) is 6.88. The van der Waals surface area contributed by atoms with E-state index in [1.54, 1.807) is 7.11 Å². The average Bonchev–Trinajstić information content (AvgIpc) is 2.28. The van der Waals surface area contributed by atoms with Crippen molar-refractivity contribution >= 4 is 12.4 Å². The zero-order chi connectivity index (χ0) is 12.8. The molecule has 1 aromatic carbocycles. The molecule has 0 saturated carbocycles. The van der Waals surface area contributed by atoms with Crippen molar-refractivity contribution in [2.24, 2.45) is 5.73 Å². The summed E-state index contributed by atoms with van der Waals surface area (Å²) in [4.78, 5) is 0. The Hall–Kier alpha value is -0.930. The molecule has 1 unspecified atom stereocenters. The predicted molar refractivity (Wildman–Crippen MR) is 78.1 cm³/mol. The first-order valence-electron chi connectivity index (χ1n) is 6.14. The summed E-state index contributed by atoms with van der Waals surface area (Å²) in [6, 6.07) is 4.22. The molecule has 0 aliphatic carbocycles. The van der Waals surface area contributed by atoms with Crippen molar-refractivity contribution in [2.75, 3.05) is 13.7 Å². The lowest BCUT2D eigenvalue weighted by atomic mass is 10.0. The van der Waals surface area contributed by atoms with Crippen LogP contribution in [0.5, 0.6) is 11.5 Å². The van der Waals surface area contributed by atoms with Crippen LogP contribution in [0.2, 0.25) is 0 Å². The quantitative estimate of drug-likeness (QED) is 0.866. The summed E-state index contributed by atoms with van der Waals surface area (Å²) >= 11 is 0. The molecule has 0 aliphatic heterocycles. The molecule has 0 aromatic heterocycles. The molecule has 1 atom stereocenters. The zero-order valence-corrected chi connectivity index (χ0v) is 12.5. The molecule has 4 heteroatoms. The van der Waals surface area contributed by atoms with Gasteiger partial charge in [0, 0.05) is 6.04 Å². The van der Waals surface area contributed by atoms with E-state index in [1.165, 1.54) is 11.1 Å². The van der Waals surface area contributed by atoms with Crippen molar-refractivity contribution in [1.82, 2.24) is 0 Å². The maximum Gasteiger partial charge on any atom is 0.161 e. The molecule has 3 nitrogen and oxygen atoms in total. The van der Waals surface area contributed by atoms with Crippen LogP contribution in [0.15, 0.2) is 12.1 Å². The van der Waals surface area contributed by atoms with E-state index < -0.39 is 0 Å². The number of hydrogen-bond acceptors (Lipinski definition) is 3. The lowest BCUT2D eigenvalue weighted by Gasteiger charge is -2.15. The number of hydrogen-bond donors (Lipinski definition) is 1. The van der Waals surface area contributed by atoms with Gasteiger partial charge in [-0.05, 0) is 49.9 Å². The molecule has 18 heavy (non-hydrogen) atoms. The second-order valence-electron chi connectivity index (χ2n) is 4.46. The summed E-state index contributed by atoms with van der Waals surface area (Å²) in [5, 5.41) is 0. The lowest BCUT2D eigenvalue weighted by Crippen LogP contribution is -2.18. The van der Waals surface area contributed by atoms with E-state index in [0.29, 0.717) is 6.61 Å². The van der Waals surface area contributed by atoms with Gasteiger partial charge < -0.3 is 15.2 Å². The first-order chi connectivity index (χ1) is 8.08. The molecular weight excluding hydrogens is 250 g/mol. The number of aryl methyl sites for hydroxylation is 1. The highest BCUT2D eigenvalue weighted by molar-refractivity contribution is 5.85. The highest BCUT2D eigenvalue weighted by atomic mass is 35.5. The van der Waals surface area contributed by atoms with Crippen molar-refractivity contribution in [1.29, 1.82) is 0 Å². The summed E-state index contributed by atoms with van der Waals surface area (Å²) in [5.74, 6) is 1.61. The van der Waals surface area contributed by atoms with Gasteiger partial charge in [0.05, 0.1) is 13.7 Å². The normalized spacial score (nSPS) is 11.6. The maximum atomic E-state index is 5.84. The maximum absolute atomic E-state index is 5.84. The van der Waals surface area contributed by atoms with Crippen molar-refractivity contribution < 1.29 is 9.47 Å². The Kier molecular flexibility index (Phi) is 7.80. The molecule has 0 aliphatic rings. The third-order valence-corrected chi connectivity index (χ3v) is 2.63. The van der Waals surface area contributed by atoms with Gasteiger partial charge in [0.25, 0.3) is 0 Å². The highest BCUT2D eigenvalue weighted by Crippen LogP contribution is 2.31. The molecule has 0 amide bonds. The van der Waals surface area contributed by atoms with E-state index in [-0.39, 0.29) is 18.4 Å². The molecule has 0 fully saturated rings. The third kappa shape index (κ3) is 4.75. The van der Waals surface area contributed by atoms with Crippen LogP contribution in [-0.2, 0) is 6.42 Å². The summed E-state index contributed by atoms with van der Waals surface area (Å²) < 4.78 is 11.0. The Morgan fingerprint density at radius 3 is 2.44 bits per heavy atom. The SMILES string of the molecule is CCCOc1cc(CC(C)N)c(C)cc1OC.Cl. The Bertz CT molecular complexity index is 367. The fourth-order valence-electron chi connectivity index (χ4n) is 1.75. The standard InChI is InChI=1S/C14H23NO2.ClH/c1-5-6-17-14-9-12(8-11(3)15)10(2)7-13(14)16-4;/h7,9,11H,5-6,8,15H2,1-4H3;1H. The Balaban J connectivity index is 0.00000289. The minimum Gasteiger partial charge on any atom is -0.493 e. The predicted octanol–water partition coefficient (Wildman–Crippen LogP) is 3.10. The minimum absolute atomic E-state index is 0. The van der Waals surface area contributed by atoms with E-state index in [4.69, 9.17) is 15.2 Å². The van der Waals surface area contributed by atoms with Gasteiger partial charge in [-0.15, -0.1) is 12.4 Å². The van der Waals surface area contributed by atoms with Gasteiger partial charge in [0.1, 0.15) is 0 Å². The van der Waals surface area contributed by atoms with E-state index in [9.17, 15) is 0 Å². The highest BCUT2D eigenvalue weighted by Gasteiger charge is 2.10. The summed E-state index contributed by atoms with van der Waals surface area (Å²) in [6.07, 6.45) is 1.85. The number of methoxy groups -OCH3 is 1. The smallest absolute Gasteiger partial charge is 0.161 e. The van der Waals surface area contributed by atoms with Crippen molar-refractivity contribution in [3.8, 4) is 11.5 Å². The minimum atomic E-state index is 0. The molecule has 1 rings (SSSR count). The molecule has 0 bridgehead atoms. The van der Waals surface area contributed by atoms with Crippen molar-refractivity contribution in [3.63, 3.8) is 0 Å². The van der Waals surface area contributed by atoms with Crippen LogP contribution in [0.4, 0.5) is 0 Å². The molecule has 0 spiro atoms.